The molecule has 0 spiro atoms. The van der Waals surface area contributed by atoms with Crippen LogP contribution in [-0.2, 0) is 0 Å². The lowest BCUT2D eigenvalue weighted by molar-refractivity contribution is 0.787. The maximum atomic E-state index is 4.05. The van der Waals surface area contributed by atoms with Crippen LogP contribution < -0.4 is 0 Å². The van der Waals surface area contributed by atoms with Gasteiger partial charge >= 0.3 is 0 Å². The van der Waals surface area contributed by atoms with E-state index < -0.39 is 0 Å². The summed E-state index contributed by atoms with van der Waals surface area (Å²) in [5, 5.41) is 0. The Morgan fingerprint density at radius 1 is 1.38 bits per heavy atom. The first kappa shape index (κ1) is 8.17. The molecule has 0 saturated carbocycles. The van der Waals surface area contributed by atoms with E-state index in [2.05, 4.69) is 26.8 Å². The normalized spacial score (nSPS) is 12.2. The molecule has 0 aromatic carbocycles. The molecule has 0 bridgehead atoms. The molecule has 0 aliphatic carbocycles. The van der Waals surface area contributed by atoms with Crippen molar-refractivity contribution in [3.8, 4) is 0 Å². The largest absolute Gasteiger partial charge is 0.115 e. The molecule has 1 unspecified atom stereocenters. The standard InChI is InChI=1S/C7H16P/c1-5-7(6-2)8(3)4/h7H,3,5-6H2,1-2,4H3/q+1. The van der Waals surface area contributed by atoms with Gasteiger partial charge in [0.05, 0.1) is 20.5 Å². The molecule has 0 aliphatic heterocycles. The van der Waals surface area contributed by atoms with Gasteiger partial charge in [-0.2, -0.15) is 0 Å². The molecule has 0 heterocycles. The lowest BCUT2D eigenvalue weighted by Crippen LogP contribution is -1.95. The number of hydrogen-bond acceptors (Lipinski definition) is 0. The molecule has 1 atom stereocenters. The molecule has 8 heavy (non-hydrogen) atoms. The summed E-state index contributed by atoms with van der Waals surface area (Å²) in [5.74, 6) is 0. The second kappa shape index (κ2) is 4.09. The smallest absolute Gasteiger partial charge is 0.0612 e. The third-order valence-electron chi connectivity index (χ3n) is 1.57. The van der Waals surface area contributed by atoms with Gasteiger partial charge in [-0.1, -0.05) is 13.8 Å². The molecular formula is C7H16P+. The first-order chi connectivity index (χ1) is 3.72. The summed E-state index contributed by atoms with van der Waals surface area (Å²) in [6.45, 7) is 6.75. The van der Waals surface area contributed by atoms with E-state index in [9.17, 15) is 0 Å². The fraction of sp³-hybridized carbons (Fsp3) is 0.857. The fourth-order valence-corrected chi connectivity index (χ4v) is 2.16. The molecule has 0 radical (unpaired) electrons. The van der Waals surface area contributed by atoms with Crippen LogP contribution in [0, 0.1) is 0 Å². The Morgan fingerprint density at radius 2 is 1.75 bits per heavy atom. The van der Waals surface area contributed by atoms with Gasteiger partial charge in [-0.15, -0.1) is 0 Å². The van der Waals surface area contributed by atoms with Crippen molar-refractivity contribution in [2.45, 2.75) is 32.3 Å². The van der Waals surface area contributed by atoms with Crippen molar-refractivity contribution in [3.05, 3.63) is 0 Å². The highest BCUT2D eigenvalue weighted by Gasteiger charge is 2.11. The summed E-state index contributed by atoms with van der Waals surface area (Å²) >= 11 is 0. The molecule has 0 aliphatic rings. The Kier molecular flexibility index (Phi) is 4.18. The van der Waals surface area contributed by atoms with Gasteiger partial charge in [0.15, 0.2) is 0 Å². The Bertz CT molecular complexity index is 72.5. The highest BCUT2D eigenvalue weighted by atomic mass is 31.1. The fourth-order valence-electron chi connectivity index (χ4n) is 0.912. The van der Waals surface area contributed by atoms with E-state index in [1.807, 2.05) is 0 Å². The number of hydrogen-bond donors (Lipinski definition) is 0. The predicted octanol–water partition coefficient (Wildman–Crippen LogP) is 2.72. The second-order valence-corrected chi connectivity index (χ2v) is 4.47. The summed E-state index contributed by atoms with van der Waals surface area (Å²) in [5.41, 5.74) is 0.907. The van der Waals surface area contributed by atoms with E-state index in [0.717, 1.165) is 5.66 Å². The van der Waals surface area contributed by atoms with E-state index >= 15 is 0 Å². The maximum absolute atomic E-state index is 4.05. The summed E-state index contributed by atoms with van der Waals surface area (Å²) in [7, 11) is 0.0859. The zero-order valence-corrected chi connectivity index (χ0v) is 7.04. The third kappa shape index (κ3) is 2.47. The Balaban J connectivity index is 3.52. The summed E-state index contributed by atoms with van der Waals surface area (Å²) in [4.78, 5) is 0. The first-order valence-electron chi connectivity index (χ1n) is 3.25. The third-order valence-corrected chi connectivity index (χ3v) is 3.54. The minimum Gasteiger partial charge on any atom is -0.0612 e. The molecule has 0 amide bonds. The van der Waals surface area contributed by atoms with Gasteiger partial charge in [0.2, 0.25) is 0 Å². The van der Waals surface area contributed by atoms with Crippen LogP contribution in [0.25, 0.3) is 0 Å². The summed E-state index contributed by atoms with van der Waals surface area (Å²) < 4.78 is 0. The molecule has 0 aromatic rings. The van der Waals surface area contributed by atoms with Crippen molar-refractivity contribution in [1.29, 1.82) is 0 Å². The lowest BCUT2D eigenvalue weighted by atomic mass is 10.3. The van der Waals surface area contributed by atoms with Crippen LogP contribution in [0.1, 0.15) is 26.7 Å². The molecule has 48 valence electrons. The molecular weight excluding hydrogens is 115 g/mol. The Labute approximate surface area is 53.7 Å². The minimum absolute atomic E-state index is 0.0859. The summed E-state index contributed by atoms with van der Waals surface area (Å²) in [6.07, 6.45) is 6.66. The van der Waals surface area contributed by atoms with Crippen molar-refractivity contribution in [2.75, 3.05) is 6.66 Å². The monoisotopic (exact) mass is 131 g/mol. The maximum Gasteiger partial charge on any atom is 0.115 e. The van der Waals surface area contributed by atoms with Crippen LogP contribution >= 0.6 is 7.55 Å². The van der Waals surface area contributed by atoms with Crippen LogP contribution in [0.4, 0.5) is 0 Å². The Hall–Kier alpha value is 0.170. The quantitative estimate of drug-likeness (QED) is 0.516. The van der Waals surface area contributed by atoms with E-state index in [4.69, 9.17) is 0 Å². The highest BCUT2D eigenvalue weighted by Crippen LogP contribution is 2.27. The number of rotatable bonds is 3. The summed E-state index contributed by atoms with van der Waals surface area (Å²) in [6, 6.07) is 0. The lowest BCUT2D eigenvalue weighted by Gasteiger charge is -1.99. The van der Waals surface area contributed by atoms with Crippen molar-refractivity contribution >= 4 is 13.8 Å². The first-order valence-corrected chi connectivity index (χ1v) is 5.30. The van der Waals surface area contributed by atoms with Crippen molar-refractivity contribution < 1.29 is 0 Å². The van der Waals surface area contributed by atoms with Crippen molar-refractivity contribution in [2.24, 2.45) is 0 Å². The van der Waals surface area contributed by atoms with E-state index in [0.29, 0.717) is 0 Å². The van der Waals surface area contributed by atoms with Gasteiger partial charge in [0, 0.05) is 0 Å². The molecule has 1 heteroatoms. The van der Waals surface area contributed by atoms with Crippen LogP contribution in [0.5, 0.6) is 0 Å². The van der Waals surface area contributed by atoms with Crippen LogP contribution in [0.2, 0.25) is 0 Å². The van der Waals surface area contributed by atoms with Gasteiger partial charge in [-0.25, -0.2) is 0 Å². The van der Waals surface area contributed by atoms with E-state index in [-0.39, 0.29) is 7.55 Å². The van der Waals surface area contributed by atoms with Crippen LogP contribution in [0.3, 0.4) is 0 Å². The molecule has 0 nitrogen and oxygen atoms in total. The van der Waals surface area contributed by atoms with Gasteiger partial charge in [0.1, 0.15) is 5.66 Å². The molecule has 0 rings (SSSR count). The zero-order valence-electron chi connectivity index (χ0n) is 6.15. The van der Waals surface area contributed by atoms with Crippen molar-refractivity contribution in [1.82, 2.24) is 0 Å². The van der Waals surface area contributed by atoms with Gasteiger partial charge < -0.3 is 0 Å². The average Bonchev–Trinajstić information content (AvgIpc) is 1.69. The minimum atomic E-state index is 0.0859. The van der Waals surface area contributed by atoms with E-state index in [1.165, 1.54) is 12.8 Å². The topological polar surface area (TPSA) is 0 Å². The molecule has 0 fully saturated rings. The van der Waals surface area contributed by atoms with Gasteiger partial charge in [-0.05, 0) is 12.8 Å². The zero-order chi connectivity index (χ0) is 6.57. The van der Waals surface area contributed by atoms with Gasteiger partial charge in [0.25, 0.3) is 0 Å². The van der Waals surface area contributed by atoms with Crippen molar-refractivity contribution in [3.63, 3.8) is 0 Å². The predicted molar refractivity (Wildman–Crippen MR) is 44.3 cm³/mol. The average molecular weight is 131 g/mol. The van der Waals surface area contributed by atoms with E-state index in [1.54, 1.807) is 0 Å². The second-order valence-electron chi connectivity index (χ2n) is 2.23. The Morgan fingerprint density at radius 3 is 1.75 bits per heavy atom. The van der Waals surface area contributed by atoms with Gasteiger partial charge in [-0.3, -0.25) is 0 Å². The SMILES string of the molecule is C=[P+](C)C(CC)CC. The highest BCUT2D eigenvalue weighted by molar-refractivity contribution is 7.55. The molecule has 0 N–H and O–H groups in total. The molecule has 0 aromatic heterocycles. The van der Waals surface area contributed by atoms with Crippen LogP contribution in [-0.4, -0.2) is 18.6 Å². The molecule has 0 saturated heterocycles. The van der Waals surface area contributed by atoms with Crippen LogP contribution in [0.15, 0.2) is 0 Å².